The molecule has 1 amide bonds. The average molecular weight is 334 g/mol. The molecule has 25 heavy (non-hydrogen) atoms. The van der Waals surface area contributed by atoms with Gasteiger partial charge in [0.25, 0.3) is 0 Å². The van der Waals surface area contributed by atoms with E-state index in [2.05, 4.69) is 69.4 Å². The molecule has 0 atom stereocenters. The van der Waals surface area contributed by atoms with E-state index in [1.54, 1.807) is 0 Å². The number of carbonyl (C=O) groups is 1. The van der Waals surface area contributed by atoms with Gasteiger partial charge in [0.15, 0.2) is 0 Å². The fourth-order valence-corrected chi connectivity index (χ4v) is 3.02. The summed E-state index contributed by atoms with van der Waals surface area (Å²) in [4.78, 5) is 12.4. The second-order valence-corrected chi connectivity index (χ2v) is 7.57. The molecular weight excluding hydrogens is 308 g/mol. The molecule has 3 heteroatoms. The third-order valence-corrected chi connectivity index (χ3v) is 4.59. The van der Waals surface area contributed by atoms with E-state index in [9.17, 15) is 4.79 Å². The van der Waals surface area contributed by atoms with Crippen LogP contribution in [0.4, 0.5) is 5.69 Å². The molecule has 1 aromatic heterocycles. The molecule has 3 aromatic rings. The average Bonchev–Trinajstić information content (AvgIpc) is 2.96. The highest BCUT2D eigenvalue weighted by molar-refractivity contribution is 5.92. The fraction of sp³-hybridized carbons (Fsp3) is 0.318. The van der Waals surface area contributed by atoms with Crippen LogP contribution in [0.2, 0.25) is 0 Å². The normalized spacial score (nSPS) is 11.7. The molecule has 3 nitrogen and oxygen atoms in total. The quantitative estimate of drug-likeness (QED) is 0.704. The van der Waals surface area contributed by atoms with Gasteiger partial charge < -0.3 is 9.88 Å². The molecule has 3 rings (SSSR count). The van der Waals surface area contributed by atoms with Crippen molar-refractivity contribution in [3.63, 3.8) is 0 Å². The number of nitrogens with zero attached hydrogens (tertiary/aromatic N) is 1. The SMILES string of the molecule is CCc1ccc2c(ccn2CC(=O)Nc2ccc(C(C)(C)C)cc2)c1. The highest BCUT2D eigenvalue weighted by atomic mass is 16.1. The number of nitrogens with one attached hydrogen (secondary N) is 1. The zero-order valence-electron chi connectivity index (χ0n) is 15.5. The van der Waals surface area contributed by atoms with Crippen molar-refractivity contribution in [2.75, 3.05) is 5.32 Å². The number of benzene rings is 2. The minimum absolute atomic E-state index is 0.0134. The number of fused-ring (bicyclic) bond motifs is 1. The molecule has 2 aromatic carbocycles. The van der Waals surface area contributed by atoms with E-state index in [1.165, 1.54) is 16.5 Å². The molecule has 0 fully saturated rings. The first-order valence-electron chi connectivity index (χ1n) is 8.85. The number of carbonyl (C=O) groups excluding carboxylic acids is 1. The molecule has 0 saturated heterocycles. The standard InChI is InChI=1S/C22H26N2O/c1-5-16-6-11-20-17(14-16)12-13-24(20)15-21(25)23-19-9-7-18(8-10-19)22(2,3)4/h6-14H,5,15H2,1-4H3,(H,23,25). The Kier molecular flexibility index (Phi) is 4.67. The van der Waals surface area contributed by atoms with Gasteiger partial charge in [-0.15, -0.1) is 0 Å². The van der Waals surface area contributed by atoms with Crippen molar-refractivity contribution in [3.05, 3.63) is 65.9 Å². The molecule has 0 bridgehead atoms. The lowest BCUT2D eigenvalue weighted by molar-refractivity contribution is -0.116. The first-order valence-corrected chi connectivity index (χ1v) is 8.85. The zero-order chi connectivity index (χ0) is 18.0. The van der Waals surface area contributed by atoms with Crippen LogP contribution in [-0.4, -0.2) is 10.5 Å². The van der Waals surface area contributed by atoms with Gasteiger partial charge >= 0.3 is 0 Å². The Morgan fingerprint density at radius 3 is 2.40 bits per heavy atom. The second-order valence-electron chi connectivity index (χ2n) is 7.57. The van der Waals surface area contributed by atoms with E-state index in [1.807, 2.05) is 22.9 Å². The molecular formula is C22H26N2O. The van der Waals surface area contributed by atoms with Crippen molar-refractivity contribution in [2.45, 2.75) is 46.1 Å². The van der Waals surface area contributed by atoms with Crippen molar-refractivity contribution in [1.82, 2.24) is 4.57 Å². The van der Waals surface area contributed by atoms with Crippen LogP contribution >= 0.6 is 0 Å². The van der Waals surface area contributed by atoms with Crippen molar-refractivity contribution in [2.24, 2.45) is 0 Å². The second kappa shape index (κ2) is 6.75. The van der Waals surface area contributed by atoms with Gasteiger partial charge in [-0.05, 0) is 58.7 Å². The van der Waals surface area contributed by atoms with Crippen LogP contribution in [0.3, 0.4) is 0 Å². The van der Waals surface area contributed by atoms with Gasteiger partial charge in [0.2, 0.25) is 5.91 Å². The summed E-state index contributed by atoms with van der Waals surface area (Å²) in [7, 11) is 0. The van der Waals surface area contributed by atoms with Crippen LogP contribution in [-0.2, 0) is 23.2 Å². The Bertz CT molecular complexity index is 883. The lowest BCUT2D eigenvalue weighted by Crippen LogP contribution is -2.18. The summed E-state index contributed by atoms with van der Waals surface area (Å²) in [6.45, 7) is 9.01. The highest BCUT2D eigenvalue weighted by Crippen LogP contribution is 2.23. The fourth-order valence-electron chi connectivity index (χ4n) is 3.02. The van der Waals surface area contributed by atoms with Crippen molar-refractivity contribution in [3.8, 4) is 0 Å². The Hall–Kier alpha value is -2.55. The maximum Gasteiger partial charge on any atom is 0.244 e. The Labute approximate surface area is 149 Å². The van der Waals surface area contributed by atoms with E-state index in [0.717, 1.165) is 17.6 Å². The summed E-state index contributed by atoms with van der Waals surface area (Å²) < 4.78 is 1.99. The number of rotatable bonds is 4. The number of anilines is 1. The van der Waals surface area contributed by atoms with Crippen LogP contribution in [0.1, 0.15) is 38.8 Å². The molecule has 0 aliphatic heterocycles. The minimum atomic E-state index is -0.0134. The molecule has 0 aliphatic carbocycles. The van der Waals surface area contributed by atoms with Crippen molar-refractivity contribution >= 4 is 22.5 Å². The van der Waals surface area contributed by atoms with Gasteiger partial charge in [-0.2, -0.15) is 0 Å². The van der Waals surface area contributed by atoms with Crippen LogP contribution in [0.25, 0.3) is 10.9 Å². The molecule has 0 radical (unpaired) electrons. The van der Waals surface area contributed by atoms with Gasteiger partial charge in [-0.1, -0.05) is 45.9 Å². The molecule has 0 unspecified atom stereocenters. The van der Waals surface area contributed by atoms with E-state index in [4.69, 9.17) is 0 Å². The van der Waals surface area contributed by atoms with Gasteiger partial charge in [-0.3, -0.25) is 4.79 Å². The minimum Gasteiger partial charge on any atom is -0.338 e. The largest absolute Gasteiger partial charge is 0.338 e. The lowest BCUT2D eigenvalue weighted by atomic mass is 9.87. The number of aromatic nitrogens is 1. The monoisotopic (exact) mass is 334 g/mol. The van der Waals surface area contributed by atoms with Crippen molar-refractivity contribution < 1.29 is 4.79 Å². The summed E-state index contributed by atoms with van der Waals surface area (Å²) in [6.07, 6.45) is 3.00. The third kappa shape index (κ3) is 3.93. The predicted octanol–water partition coefficient (Wildman–Crippen LogP) is 5.14. The molecule has 0 spiro atoms. The van der Waals surface area contributed by atoms with Gasteiger partial charge in [-0.25, -0.2) is 0 Å². The number of aryl methyl sites for hydroxylation is 1. The molecule has 0 aliphatic rings. The molecule has 0 saturated carbocycles. The third-order valence-electron chi connectivity index (χ3n) is 4.59. The number of hydrogen-bond donors (Lipinski definition) is 1. The smallest absolute Gasteiger partial charge is 0.244 e. The molecule has 1 N–H and O–H groups in total. The van der Waals surface area contributed by atoms with Crippen LogP contribution in [0, 0.1) is 0 Å². The Balaban J connectivity index is 1.70. The van der Waals surface area contributed by atoms with E-state index in [-0.39, 0.29) is 11.3 Å². The maximum absolute atomic E-state index is 12.4. The van der Waals surface area contributed by atoms with Crippen LogP contribution in [0.5, 0.6) is 0 Å². The van der Waals surface area contributed by atoms with E-state index < -0.39 is 0 Å². The van der Waals surface area contributed by atoms with Gasteiger partial charge in [0.1, 0.15) is 6.54 Å². The summed E-state index contributed by atoms with van der Waals surface area (Å²) in [5.41, 5.74) is 4.62. The summed E-state index contributed by atoms with van der Waals surface area (Å²) >= 11 is 0. The first-order chi connectivity index (χ1) is 11.9. The van der Waals surface area contributed by atoms with E-state index >= 15 is 0 Å². The topological polar surface area (TPSA) is 34.0 Å². The summed E-state index contributed by atoms with van der Waals surface area (Å²) in [5.74, 6) is -0.0134. The van der Waals surface area contributed by atoms with Crippen molar-refractivity contribution in [1.29, 1.82) is 0 Å². The van der Waals surface area contributed by atoms with Crippen LogP contribution in [0.15, 0.2) is 54.7 Å². The summed E-state index contributed by atoms with van der Waals surface area (Å²) in [6, 6.07) is 16.6. The molecule has 130 valence electrons. The number of hydrogen-bond acceptors (Lipinski definition) is 1. The summed E-state index contributed by atoms with van der Waals surface area (Å²) in [5, 5.41) is 4.17. The van der Waals surface area contributed by atoms with E-state index in [0.29, 0.717) is 6.54 Å². The van der Waals surface area contributed by atoms with Crippen LogP contribution < -0.4 is 5.32 Å². The number of amides is 1. The Morgan fingerprint density at radius 2 is 1.76 bits per heavy atom. The predicted molar refractivity (Wildman–Crippen MR) is 105 cm³/mol. The maximum atomic E-state index is 12.4. The van der Waals surface area contributed by atoms with Gasteiger partial charge in [0, 0.05) is 17.4 Å². The zero-order valence-corrected chi connectivity index (χ0v) is 15.5. The Morgan fingerprint density at radius 1 is 1.04 bits per heavy atom. The lowest BCUT2D eigenvalue weighted by Gasteiger charge is -2.19. The first kappa shape index (κ1) is 17.3. The highest BCUT2D eigenvalue weighted by Gasteiger charge is 2.13. The van der Waals surface area contributed by atoms with Gasteiger partial charge in [0.05, 0.1) is 0 Å². The molecule has 1 heterocycles.